The van der Waals surface area contributed by atoms with Crippen LogP contribution in [0.2, 0.25) is 0 Å². The zero-order valence-corrected chi connectivity index (χ0v) is 14.6. The van der Waals surface area contributed by atoms with Gasteiger partial charge in [-0.05, 0) is 50.5 Å². The van der Waals surface area contributed by atoms with E-state index in [0.29, 0.717) is 17.7 Å². The van der Waals surface area contributed by atoms with Crippen LogP contribution in [0.3, 0.4) is 0 Å². The van der Waals surface area contributed by atoms with Crippen LogP contribution in [0.1, 0.15) is 41.6 Å². The summed E-state index contributed by atoms with van der Waals surface area (Å²) in [5.41, 5.74) is 1.01. The molecule has 1 heterocycles. The Bertz CT molecular complexity index is 622. The first-order valence-corrected chi connectivity index (χ1v) is 10.3. The van der Waals surface area contributed by atoms with Crippen molar-refractivity contribution in [3.63, 3.8) is 0 Å². The van der Waals surface area contributed by atoms with Crippen molar-refractivity contribution in [2.45, 2.75) is 31.4 Å². The van der Waals surface area contributed by atoms with Crippen molar-refractivity contribution in [3.05, 3.63) is 35.4 Å². The van der Waals surface area contributed by atoms with Crippen molar-refractivity contribution in [2.75, 3.05) is 32.4 Å². The summed E-state index contributed by atoms with van der Waals surface area (Å²) in [4.78, 5) is 14.7. The molecule has 0 aromatic heterocycles. The Balaban J connectivity index is 1.83. The number of likely N-dealkylation sites (tertiary alicyclic amines) is 1. The van der Waals surface area contributed by atoms with Gasteiger partial charge in [0.15, 0.2) is 9.84 Å². The Morgan fingerprint density at radius 1 is 1.17 bits per heavy atom. The van der Waals surface area contributed by atoms with Gasteiger partial charge in [-0.1, -0.05) is 24.6 Å². The Labute approximate surface area is 139 Å². The normalized spacial score (nSPS) is 16.2. The van der Waals surface area contributed by atoms with Gasteiger partial charge in [-0.2, -0.15) is 0 Å². The molecule has 2 rings (SSSR count). The third-order valence-electron chi connectivity index (χ3n) is 4.07. The number of carbonyl (C=O) groups excluding carboxylic acids is 1. The maximum absolute atomic E-state index is 12.3. The first-order chi connectivity index (χ1) is 11.0. The lowest BCUT2D eigenvalue weighted by molar-refractivity contribution is 0.0950. The first kappa shape index (κ1) is 17.9. The van der Waals surface area contributed by atoms with Crippen LogP contribution in [0, 0.1) is 0 Å². The highest BCUT2D eigenvalue weighted by Gasteiger charge is 2.14. The third kappa shape index (κ3) is 6.31. The number of rotatable bonds is 7. The van der Waals surface area contributed by atoms with Crippen molar-refractivity contribution in [2.24, 2.45) is 0 Å². The van der Waals surface area contributed by atoms with E-state index in [2.05, 4.69) is 10.2 Å². The highest BCUT2D eigenvalue weighted by molar-refractivity contribution is 7.89. The molecule has 0 aliphatic carbocycles. The molecule has 1 fully saturated rings. The predicted octanol–water partition coefficient (Wildman–Crippen LogP) is 1.84. The topological polar surface area (TPSA) is 66.5 Å². The number of nitrogens with zero attached hydrogens (tertiary/aromatic N) is 1. The molecule has 0 atom stereocenters. The summed E-state index contributed by atoms with van der Waals surface area (Å²) in [5.74, 6) is -0.299. The maximum atomic E-state index is 12.3. The summed E-state index contributed by atoms with van der Waals surface area (Å²) in [5, 5.41) is 2.90. The van der Waals surface area contributed by atoms with Gasteiger partial charge in [-0.25, -0.2) is 8.42 Å². The summed E-state index contributed by atoms with van der Waals surface area (Å²) in [6.07, 6.45) is 5.96. The largest absolute Gasteiger partial charge is 0.352 e. The summed E-state index contributed by atoms with van der Waals surface area (Å²) in [6, 6.07) is 6.90. The number of piperidine rings is 1. The van der Waals surface area contributed by atoms with Gasteiger partial charge < -0.3 is 10.2 Å². The molecule has 0 unspecified atom stereocenters. The van der Waals surface area contributed by atoms with Crippen LogP contribution in [0.5, 0.6) is 0 Å². The van der Waals surface area contributed by atoms with E-state index in [4.69, 9.17) is 0 Å². The molecule has 1 N–H and O–H groups in total. The van der Waals surface area contributed by atoms with Gasteiger partial charge in [0, 0.05) is 18.4 Å². The minimum atomic E-state index is -3.16. The van der Waals surface area contributed by atoms with Gasteiger partial charge in [0.05, 0.1) is 5.75 Å². The molecule has 1 aliphatic heterocycles. The predicted molar refractivity (Wildman–Crippen MR) is 92.2 cm³/mol. The van der Waals surface area contributed by atoms with Crippen molar-refractivity contribution in [1.82, 2.24) is 10.2 Å². The third-order valence-corrected chi connectivity index (χ3v) is 4.90. The number of sulfone groups is 1. The quantitative estimate of drug-likeness (QED) is 0.771. The second kappa shape index (κ2) is 8.45. The fourth-order valence-corrected chi connectivity index (χ4v) is 3.75. The lowest BCUT2D eigenvalue weighted by Crippen LogP contribution is -2.33. The van der Waals surface area contributed by atoms with Crippen molar-refractivity contribution in [3.8, 4) is 0 Å². The minimum Gasteiger partial charge on any atom is -0.352 e. The summed E-state index contributed by atoms with van der Waals surface area (Å²) >= 11 is 0. The van der Waals surface area contributed by atoms with Crippen molar-refractivity contribution >= 4 is 15.7 Å². The molecule has 1 aromatic rings. The molecule has 5 nitrogen and oxygen atoms in total. The van der Waals surface area contributed by atoms with E-state index in [0.717, 1.165) is 26.1 Å². The molecule has 1 aromatic carbocycles. The summed E-state index contributed by atoms with van der Waals surface area (Å²) < 4.78 is 22.9. The highest BCUT2D eigenvalue weighted by atomic mass is 32.2. The average molecular weight is 338 g/mol. The number of hydrogen-bond acceptors (Lipinski definition) is 4. The van der Waals surface area contributed by atoms with E-state index >= 15 is 0 Å². The van der Waals surface area contributed by atoms with Gasteiger partial charge in [0.25, 0.3) is 5.91 Å². The van der Waals surface area contributed by atoms with Gasteiger partial charge in [0.1, 0.15) is 0 Å². The van der Waals surface area contributed by atoms with Crippen LogP contribution in [-0.4, -0.2) is 51.7 Å². The first-order valence-electron chi connectivity index (χ1n) is 8.22. The van der Waals surface area contributed by atoms with Crippen LogP contribution in [0.15, 0.2) is 24.3 Å². The number of nitrogens with one attached hydrogen (secondary N) is 1. The van der Waals surface area contributed by atoms with E-state index in [-0.39, 0.29) is 11.7 Å². The zero-order valence-electron chi connectivity index (χ0n) is 13.8. The molecule has 0 radical (unpaired) electrons. The van der Waals surface area contributed by atoms with Crippen LogP contribution >= 0.6 is 0 Å². The van der Waals surface area contributed by atoms with Crippen LogP contribution in [-0.2, 0) is 15.6 Å². The van der Waals surface area contributed by atoms with Gasteiger partial charge in [-0.3, -0.25) is 4.79 Å². The Morgan fingerprint density at radius 3 is 2.57 bits per heavy atom. The number of hydrogen-bond donors (Lipinski definition) is 1. The Hall–Kier alpha value is -1.40. The van der Waals surface area contributed by atoms with E-state index < -0.39 is 9.84 Å². The molecule has 1 amide bonds. The fraction of sp³-hybridized carbons (Fsp3) is 0.588. The molecule has 6 heteroatoms. The number of carbonyl (C=O) groups is 1. The van der Waals surface area contributed by atoms with Crippen LogP contribution in [0.25, 0.3) is 0 Å². The van der Waals surface area contributed by atoms with E-state index in [1.165, 1.54) is 25.5 Å². The van der Waals surface area contributed by atoms with Gasteiger partial charge in [0.2, 0.25) is 0 Å². The minimum absolute atomic E-state index is 0.107. The van der Waals surface area contributed by atoms with Crippen molar-refractivity contribution in [1.29, 1.82) is 0 Å². The molecule has 0 saturated carbocycles. The van der Waals surface area contributed by atoms with Gasteiger partial charge in [-0.15, -0.1) is 0 Å². The molecule has 1 aliphatic rings. The van der Waals surface area contributed by atoms with Crippen LogP contribution in [0.4, 0.5) is 0 Å². The fourth-order valence-electron chi connectivity index (χ4n) is 2.93. The molecular formula is C17H26N2O3S. The van der Waals surface area contributed by atoms with E-state index in [1.54, 1.807) is 24.3 Å². The summed E-state index contributed by atoms with van der Waals surface area (Å²) in [6.45, 7) is 3.93. The van der Waals surface area contributed by atoms with Crippen molar-refractivity contribution < 1.29 is 13.2 Å². The molecule has 23 heavy (non-hydrogen) atoms. The Morgan fingerprint density at radius 2 is 1.87 bits per heavy atom. The smallest absolute Gasteiger partial charge is 0.251 e. The standard InChI is InChI=1S/C17H26N2O3S/c1-23(21,22)14-15-8-3-4-9-16(15)17(20)18-10-7-13-19-11-5-2-6-12-19/h3-4,8-9H,2,5-7,10-14H2,1H3,(H,18,20). The van der Waals surface area contributed by atoms with E-state index in [9.17, 15) is 13.2 Å². The Kier molecular flexibility index (Phi) is 6.59. The second-order valence-electron chi connectivity index (χ2n) is 6.24. The molecule has 128 valence electrons. The van der Waals surface area contributed by atoms with E-state index in [1.807, 2.05) is 0 Å². The number of amides is 1. The molecule has 0 spiro atoms. The molecular weight excluding hydrogens is 312 g/mol. The lowest BCUT2D eigenvalue weighted by Gasteiger charge is -2.26. The highest BCUT2D eigenvalue weighted by Crippen LogP contribution is 2.12. The summed E-state index contributed by atoms with van der Waals surface area (Å²) in [7, 11) is -3.16. The van der Waals surface area contributed by atoms with Crippen LogP contribution < -0.4 is 5.32 Å². The zero-order chi connectivity index (χ0) is 16.7. The maximum Gasteiger partial charge on any atom is 0.251 e. The molecule has 1 saturated heterocycles. The van der Waals surface area contributed by atoms with Gasteiger partial charge >= 0.3 is 0 Å². The second-order valence-corrected chi connectivity index (χ2v) is 8.38. The monoisotopic (exact) mass is 338 g/mol. The number of benzene rings is 1. The molecule has 0 bridgehead atoms. The average Bonchev–Trinajstić information content (AvgIpc) is 2.51. The lowest BCUT2D eigenvalue weighted by atomic mass is 10.1. The SMILES string of the molecule is CS(=O)(=O)Cc1ccccc1C(=O)NCCCN1CCCCC1.